The van der Waals surface area contributed by atoms with Crippen LogP contribution in [-0.4, -0.2) is 47.3 Å². The Morgan fingerprint density at radius 1 is 1.12 bits per heavy atom. The molecule has 94 valence electrons. The zero-order valence-corrected chi connectivity index (χ0v) is 9.90. The van der Waals surface area contributed by atoms with Gasteiger partial charge in [0.05, 0.1) is 13.2 Å². The molecule has 0 aliphatic heterocycles. The quantitative estimate of drug-likeness (QED) is 0.678. The van der Waals surface area contributed by atoms with Gasteiger partial charge in [0.15, 0.2) is 0 Å². The molecule has 0 saturated heterocycles. The summed E-state index contributed by atoms with van der Waals surface area (Å²) in [6.07, 6.45) is 6.64. The highest BCUT2D eigenvalue weighted by atomic mass is 16.3. The van der Waals surface area contributed by atoms with E-state index >= 15 is 0 Å². The third-order valence-electron chi connectivity index (χ3n) is 3.33. The molecule has 1 aliphatic rings. The first-order valence-corrected chi connectivity index (χ1v) is 6.27. The SMILES string of the molecule is O=C(CCC1CCCC1)N(CCO)CCO. The van der Waals surface area contributed by atoms with E-state index in [4.69, 9.17) is 10.2 Å². The predicted molar refractivity (Wildman–Crippen MR) is 61.9 cm³/mol. The van der Waals surface area contributed by atoms with Crippen LogP contribution in [0.1, 0.15) is 38.5 Å². The Morgan fingerprint density at radius 3 is 2.19 bits per heavy atom. The number of hydrogen-bond acceptors (Lipinski definition) is 3. The van der Waals surface area contributed by atoms with E-state index in [1.807, 2.05) is 0 Å². The fourth-order valence-electron chi connectivity index (χ4n) is 2.39. The molecule has 0 spiro atoms. The van der Waals surface area contributed by atoms with Gasteiger partial charge in [0, 0.05) is 19.5 Å². The molecule has 0 bridgehead atoms. The lowest BCUT2D eigenvalue weighted by Crippen LogP contribution is -2.35. The predicted octanol–water partition coefficient (Wildman–Crippen LogP) is 0.770. The lowest BCUT2D eigenvalue weighted by Gasteiger charge is -2.21. The number of amides is 1. The molecule has 0 radical (unpaired) electrons. The number of aliphatic hydroxyl groups excluding tert-OH is 2. The molecule has 4 heteroatoms. The van der Waals surface area contributed by atoms with Crippen LogP contribution in [0.3, 0.4) is 0 Å². The number of carbonyl (C=O) groups excluding carboxylic acids is 1. The van der Waals surface area contributed by atoms with E-state index in [0.717, 1.165) is 6.42 Å². The maximum atomic E-state index is 11.8. The second kappa shape index (κ2) is 7.63. The Balaban J connectivity index is 2.24. The molecular formula is C12H23NO3. The first kappa shape index (κ1) is 13.5. The zero-order valence-electron chi connectivity index (χ0n) is 9.90. The van der Waals surface area contributed by atoms with Crippen molar-refractivity contribution in [2.45, 2.75) is 38.5 Å². The van der Waals surface area contributed by atoms with Crippen molar-refractivity contribution in [3.05, 3.63) is 0 Å². The van der Waals surface area contributed by atoms with Gasteiger partial charge in [-0.2, -0.15) is 0 Å². The van der Waals surface area contributed by atoms with Crippen molar-refractivity contribution < 1.29 is 15.0 Å². The molecular weight excluding hydrogens is 206 g/mol. The van der Waals surface area contributed by atoms with Gasteiger partial charge in [-0.3, -0.25) is 4.79 Å². The third kappa shape index (κ3) is 4.49. The molecule has 0 aromatic heterocycles. The Hall–Kier alpha value is -0.610. The Labute approximate surface area is 97.3 Å². The summed E-state index contributed by atoms with van der Waals surface area (Å²) in [6, 6.07) is 0. The van der Waals surface area contributed by atoms with Gasteiger partial charge in [-0.25, -0.2) is 0 Å². The van der Waals surface area contributed by atoms with Gasteiger partial charge in [0.25, 0.3) is 0 Å². The van der Waals surface area contributed by atoms with E-state index in [2.05, 4.69) is 0 Å². The van der Waals surface area contributed by atoms with E-state index in [9.17, 15) is 4.79 Å². The molecule has 1 saturated carbocycles. The first-order valence-electron chi connectivity index (χ1n) is 6.27. The monoisotopic (exact) mass is 229 g/mol. The summed E-state index contributed by atoms with van der Waals surface area (Å²) in [4.78, 5) is 13.3. The third-order valence-corrected chi connectivity index (χ3v) is 3.33. The van der Waals surface area contributed by atoms with Crippen molar-refractivity contribution in [3.63, 3.8) is 0 Å². The average Bonchev–Trinajstić information content (AvgIpc) is 2.78. The molecule has 4 nitrogen and oxygen atoms in total. The second-order valence-corrected chi connectivity index (χ2v) is 4.52. The van der Waals surface area contributed by atoms with E-state index in [0.29, 0.717) is 25.4 Å². The highest BCUT2D eigenvalue weighted by molar-refractivity contribution is 5.76. The maximum Gasteiger partial charge on any atom is 0.222 e. The molecule has 1 amide bonds. The zero-order chi connectivity index (χ0) is 11.8. The standard InChI is InChI=1S/C12H23NO3/c14-9-7-13(8-10-15)12(16)6-5-11-3-1-2-4-11/h11,14-15H,1-10H2. The number of aliphatic hydroxyl groups is 2. The van der Waals surface area contributed by atoms with E-state index in [1.165, 1.54) is 25.7 Å². The van der Waals surface area contributed by atoms with E-state index < -0.39 is 0 Å². The largest absolute Gasteiger partial charge is 0.395 e. The molecule has 1 aliphatic carbocycles. The summed E-state index contributed by atoms with van der Waals surface area (Å²) < 4.78 is 0. The van der Waals surface area contributed by atoms with Crippen LogP contribution in [0.25, 0.3) is 0 Å². The molecule has 0 atom stereocenters. The van der Waals surface area contributed by atoms with Crippen LogP contribution in [0, 0.1) is 5.92 Å². The lowest BCUT2D eigenvalue weighted by atomic mass is 10.0. The minimum absolute atomic E-state index is 0.0326. The molecule has 0 aromatic carbocycles. The van der Waals surface area contributed by atoms with E-state index in [-0.39, 0.29) is 19.1 Å². The van der Waals surface area contributed by atoms with Crippen molar-refractivity contribution in [3.8, 4) is 0 Å². The van der Waals surface area contributed by atoms with Crippen LogP contribution < -0.4 is 0 Å². The summed E-state index contributed by atoms with van der Waals surface area (Å²) >= 11 is 0. The van der Waals surface area contributed by atoms with Gasteiger partial charge >= 0.3 is 0 Å². The summed E-state index contributed by atoms with van der Waals surface area (Å²) in [5, 5.41) is 17.6. The fourth-order valence-corrected chi connectivity index (χ4v) is 2.39. The van der Waals surface area contributed by atoms with Crippen LogP contribution in [0.5, 0.6) is 0 Å². The van der Waals surface area contributed by atoms with Gasteiger partial charge in [-0.1, -0.05) is 25.7 Å². The summed E-state index contributed by atoms with van der Waals surface area (Å²) in [5.74, 6) is 0.782. The first-order chi connectivity index (χ1) is 7.77. The lowest BCUT2D eigenvalue weighted by molar-refractivity contribution is -0.132. The fraction of sp³-hybridized carbons (Fsp3) is 0.917. The van der Waals surface area contributed by atoms with Gasteiger partial charge in [0.2, 0.25) is 5.91 Å². The van der Waals surface area contributed by atoms with Crippen molar-refractivity contribution in [2.24, 2.45) is 5.92 Å². The van der Waals surface area contributed by atoms with Crippen LogP contribution in [0.4, 0.5) is 0 Å². The number of rotatable bonds is 7. The molecule has 1 rings (SSSR count). The van der Waals surface area contributed by atoms with Crippen molar-refractivity contribution in [1.29, 1.82) is 0 Å². The molecule has 0 heterocycles. The van der Waals surface area contributed by atoms with Crippen molar-refractivity contribution >= 4 is 5.91 Å². The van der Waals surface area contributed by atoms with Crippen molar-refractivity contribution in [1.82, 2.24) is 4.90 Å². The Morgan fingerprint density at radius 2 is 1.69 bits per heavy atom. The molecule has 1 fully saturated rings. The highest BCUT2D eigenvalue weighted by Gasteiger charge is 2.18. The minimum atomic E-state index is -0.0326. The van der Waals surface area contributed by atoms with Gasteiger partial charge < -0.3 is 15.1 Å². The van der Waals surface area contributed by atoms with Gasteiger partial charge in [0.1, 0.15) is 0 Å². The topological polar surface area (TPSA) is 60.8 Å². The number of nitrogens with zero attached hydrogens (tertiary/aromatic N) is 1. The normalized spacial score (nSPS) is 16.6. The summed E-state index contributed by atoms with van der Waals surface area (Å²) in [6.45, 7) is 0.610. The number of carbonyl (C=O) groups is 1. The van der Waals surface area contributed by atoms with Gasteiger partial charge in [-0.15, -0.1) is 0 Å². The van der Waals surface area contributed by atoms with Crippen LogP contribution in [0.15, 0.2) is 0 Å². The molecule has 2 N–H and O–H groups in total. The summed E-state index contributed by atoms with van der Waals surface area (Å²) in [5.41, 5.74) is 0. The molecule has 0 aromatic rings. The minimum Gasteiger partial charge on any atom is -0.395 e. The smallest absolute Gasteiger partial charge is 0.222 e. The van der Waals surface area contributed by atoms with Crippen LogP contribution in [-0.2, 0) is 4.79 Å². The highest BCUT2D eigenvalue weighted by Crippen LogP contribution is 2.28. The van der Waals surface area contributed by atoms with Crippen LogP contribution in [0.2, 0.25) is 0 Å². The maximum absolute atomic E-state index is 11.8. The Kier molecular flexibility index (Phi) is 6.42. The average molecular weight is 229 g/mol. The van der Waals surface area contributed by atoms with E-state index in [1.54, 1.807) is 4.90 Å². The van der Waals surface area contributed by atoms with Crippen molar-refractivity contribution in [2.75, 3.05) is 26.3 Å². The summed E-state index contributed by atoms with van der Waals surface area (Å²) in [7, 11) is 0. The Bertz CT molecular complexity index is 196. The second-order valence-electron chi connectivity index (χ2n) is 4.52. The molecule has 16 heavy (non-hydrogen) atoms. The van der Waals surface area contributed by atoms with Crippen LogP contribution >= 0.6 is 0 Å². The number of hydrogen-bond donors (Lipinski definition) is 2. The van der Waals surface area contributed by atoms with Gasteiger partial charge in [-0.05, 0) is 12.3 Å². The molecule has 0 unspecified atom stereocenters.